The monoisotopic (exact) mass is 364 g/mol. The molecular weight excluding hydrogens is 343 g/mol. The summed E-state index contributed by atoms with van der Waals surface area (Å²) in [6.07, 6.45) is 0. The van der Waals surface area contributed by atoms with Gasteiger partial charge in [0.15, 0.2) is 5.75 Å². The van der Waals surface area contributed by atoms with Gasteiger partial charge in [-0.05, 0) is 49.7 Å². The predicted molar refractivity (Wildman–Crippen MR) is 106 cm³/mol. The van der Waals surface area contributed by atoms with Gasteiger partial charge in [-0.15, -0.1) is 0 Å². The third kappa shape index (κ3) is 5.07. The van der Waals surface area contributed by atoms with E-state index in [-0.39, 0.29) is 18.3 Å². The molecule has 0 aliphatic rings. The lowest BCUT2D eigenvalue weighted by Gasteiger charge is -2.14. The number of para-hydroxylation sites is 2. The maximum Gasteiger partial charge on any atom is 0.243 e. The zero-order valence-corrected chi connectivity index (χ0v) is 15.3. The molecule has 3 aromatic rings. The van der Waals surface area contributed by atoms with Crippen LogP contribution in [0.5, 0.6) is 11.5 Å². The second kappa shape index (κ2) is 8.36. The Morgan fingerprint density at radius 2 is 1.78 bits per heavy atom. The first-order valence-corrected chi connectivity index (χ1v) is 8.65. The van der Waals surface area contributed by atoms with Gasteiger partial charge in [-0.2, -0.15) is 0 Å². The molecule has 1 amide bonds. The average Bonchev–Trinajstić information content (AvgIpc) is 2.63. The third-order valence-electron chi connectivity index (χ3n) is 4.01. The summed E-state index contributed by atoms with van der Waals surface area (Å²) in [7, 11) is 0. The van der Waals surface area contributed by atoms with Gasteiger partial charge in [-0.25, -0.2) is 4.39 Å². The van der Waals surface area contributed by atoms with Crippen LogP contribution in [-0.2, 0) is 4.79 Å². The largest absolute Gasteiger partial charge is 0.455 e. The lowest BCUT2D eigenvalue weighted by molar-refractivity contribution is -0.114. The summed E-state index contributed by atoms with van der Waals surface area (Å²) in [4.78, 5) is 12.3. The lowest BCUT2D eigenvalue weighted by atomic mass is 10.1. The van der Waals surface area contributed by atoms with Crippen molar-refractivity contribution in [3.8, 4) is 11.5 Å². The van der Waals surface area contributed by atoms with Crippen LogP contribution >= 0.6 is 0 Å². The number of amides is 1. The summed E-state index contributed by atoms with van der Waals surface area (Å²) < 4.78 is 19.1. The Morgan fingerprint density at radius 3 is 2.56 bits per heavy atom. The molecule has 0 bridgehead atoms. The molecular formula is C22H21FN2O2. The molecule has 0 heterocycles. The number of ether oxygens (including phenoxy) is 1. The van der Waals surface area contributed by atoms with E-state index in [1.165, 1.54) is 12.1 Å². The highest BCUT2D eigenvalue weighted by Gasteiger charge is 2.08. The Kier molecular flexibility index (Phi) is 5.71. The zero-order valence-electron chi connectivity index (χ0n) is 15.3. The molecule has 27 heavy (non-hydrogen) atoms. The normalized spacial score (nSPS) is 10.3. The zero-order chi connectivity index (χ0) is 19.2. The molecule has 0 aliphatic carbocycles. The second-order valence-electron chi connectivity index (χ2n) is 6.28. The fraction of sp³-hybridized carbons (Fsp3) is 0.136. The number of hydrogen-bond donors (Lipinski definition) is 2. The Hall–Kier alpha value is -3.34. The fourth-order valence-corrected chi connectivity index (χ4v) is 2.68. The predicted octanol–water partition coefficient (Wildman–Crippen LogP) is 5.29. The van der Waals surface area contributed by atoms with E-state index in [0.29, 0.717) is 17.2 Å². The number of aryl methyl sites for hydroxylation is 2. The smallest absolute Gasteiger partial charge is 0.243 e. The molecule has 2 N–H and O–H groups in total. The summed E-state index contributed by atoms with van der Waals surface area (Å²) in [5.41, 5.74) is 3.60. The number of hydrogen-bond acceptors (Lipinski definition) is 3. The number of nitrogens with one attached hydrogen (secondary N) is 2. The topological polar surface area (TPSA) is 50.4 Å². The van der Waals surface area contributed by atoms with Gasteiger partial charge >= 0.3 is 0 Å². The molecule has 3 rings (SSSR count). The molecule has 0 atom stereocenters. The van der Waals surface area contributed by atoms with Gasteiger partial charge < -0.3 is 15.4 Å². The van der Waals surface area contributed by atoms with E-state index in [0.717, 1.165) is 16.8 Å². The van der Waals surface area contributed by atoms with E-state index in [4.69, 9.17) is 4.74 Å². The first kappa shape index (κ1) is 18.5. The summed E-state index contributed by atoms with van der Waals surface area (Å²) in [6.45, 7) is 4.05. The lowest BCUT2D eigenvalue weighted by Crippen LogP contribution is -2.22. The molecule has 0 saturated heterocycles. The Bertz CT molecular complexity index is 957. The summed E-state index contributed by atoms with van der Waals surface area (Å²) in [5, 5.41) is 5.96. The molecule has 138 valence electrons. The van der Waals surface area contributed by atoms with Crippen LogP contribution in [0.2, 0.25) is 0 Å². The Morgan fingerprint density at radius 1 is 0.963 bits per heavy atom. The van der Waals surface area contributed by atoms with Crippen molar-refractivity contribution in [3.63, 3.8) is 0 Å². The second-order valence-corrected chi connectivity index (χ2v) is 6.28. The summed E-state index contributed by atoms with van der Waals surface area (Å²) in [6, 6.07) is 19.0. The molecule has 0 aliphatic heterocycles. The van der Waals surface area contributed by atoms with Crippen LogP contribution in [0.15, 0.2) is 66.7 Å². The minimum Gasteiger partial charge on any atom is -0.455 e. The van der Waals surface area contributed by atoms with E-state index in [1.807, 2.05) is 44.2 Å². The summed E-state index contributed by atoms with van der Waals surface area (Å²) in [5.74, 6) is 0.375. The van der Waals surface area contributed by atoms with Crippen LogP contribution in [0.1, 0.15) is 11.1 Å². The van der Waals surface area contributed by atoms with Crippen LogP contribution in [0.25, 0.3) is 0 Å². The van der Waals surface area contributed by atoms with Gasteiger partial charge in [0.05, 0.1) is 12.2 Å². The first-order valence-electron chi connectivity index (χ1n) is 8.65. The average molecular weight is 364 g/mol. The minimum atomic E-state index is -0.370. The van der Waals surface area contributed by atoms with E-state index in [2.05, 4.69) is 10.6 Å². The molecule has 0 spiro atoms. The number of rotatable bonds is 6. The van der Waals surface area contributed by atoms with Crippen molar-refractivity contribution < 1.29 is 13.9 Å². The van der Waals surface area contributed by atoms with Crippen molar-refractivity contribution in [2.75, 3.05) is 17.2 Å². The SMILES string of the molecule is Cc1ccc(NC(=O)CNc2ccccc2Oc2cccc(F)c2)c(C)c1. The standard InChI is InChI=1S/C22H21FN2O2/c1-15-10-11-19(16(2)12-15)25-22(26)14-24-20-8-3-4-9-21(20)27-18-7-5-6-17(23)13-18/h3-13,24H,14H2,1-2H3,(H,25,26). The van der Waals surface area contributed by atoms with Crippen LogP contribution < -0.4 is 15.4 Å². The third-order valence-corrected chi connectivity index (χ3v) is 4.01. The fourth-order valence-electron chi connectivity index (χ4n) is 2.68. The van der Waals surface area contributed by atoms with Crippen molar-refractivity contribution in [2.24, 2.45) is 0 Å². The van der Waals surface area contributed by atoms with Crippen molar-refractivity contribution in [3.05, 3.63) is 83.7 Å². The van der Waals surface area contributed by atoms with Crippen LogP contribution in [0, 0.1) is 19.7 Å². The molecule has 0 radical (unpaired) electrons. The van der Waals surface area contributed by atoms with Gasteiger partial charge in [0, 0.05) is 11.8 Å². The van der Waals surface area contributed by atoms with Crippen molar-refractivity contribution in [2.45, 2.75) is 13.8 Å². The van der Waals surface area contributed by atoms with E-state index >= 15 is 0 Å². The Balaban J connectivity index is 1.65. The van der Waals surface area contributed by atoms with Gasteiger partial charge in [-0.3, -0.25) is 4.79 Å². The number of carbonyl (C=O) groups excluding carboxylic acids is 1. The molecule has 4 nitrogen and oxygen atoms in total. The highest BCUT2D eigenvalue weighted by Crippen LogP contribution is 2.29. The quantitative estimate of drug-likeness (QED) is 0.625. The number of benzene rings is 3. The highest BCUT2D eigenvalue weighted by molar-refractivity contribution is 5.94. The molecule has 0 aromatic heterocycles. The molecule has 0 fully saturated rings. The van der Waals surface area contributed by atoms with Crippen LogP contribution in [-0.4, -0.2) is 12.5 Å². The van der Waals surface area contributed by atoms with Crippen molar-refractivity contribution in [1.82, 2.24) is 0 Å². The van der Waals surface area contributed by atoms with Crippen LogP contribution in [0.4, 0.5) is 15.8 Å². The van der Waals surface area contributed by atoms with E-state index in [9.17, 15) is 9.18 Å². The Labute approximate surface area is 158 Å². The van der Waals surface area contributed by atoms with Crippen molar-refractivity contribution >= 4 is 17.3 Å². The van der Waals surface area contributed by atoms with Gasteiger partial charge in [0.2, 0.25) is 5.91 Å². The van der Waals surface area contributed by atoms with Crippen molar-refractivity contribution in [1.29, 1.82) is 0 Å². The molecule has 3 aromatic carbocycles. The maximum atomic E-state index is 13.3. The highest BCUT2D eigenvalue weighted by atomic mass is 19.1. The number of anilines is 2. The minimum absolute atomic E-state index is 0.0802. The van der Waals surface area contributed by atoms with Crippen LogP contribution in [0.3, 0.4) is 0 Å². The first-order chi connectivity index (χ1) is 13.0. The maximum absolute atomic E-state index is 13.3. The van der Waals surface area contributed by atoms with Gasteiger partial charge in [0.25, 0.3) is 0 Å². The number of halogens is 1. The molecule has 0 unspecified atom stereocenters. The van der Waals surface area contributed by atoms with E-state index < -0.39 is 0 Å². The molecule has 5 heteroatoms. The van der Waals surface area contributed by atoms with Gasteiger partial charge in [-0.1, -0.05) is 35.9 Å². The molecule has 0 saturated carbocycles. The number of carbonyl (C=O) groups is 1. The van der Waals surface area contributed by atoms with Gasteiger partial charge in [0.1, 0.15) is 11.6 Å². The summed E-state index contributed by atoms with van der Waals surface area (Å²) >= 11 is 0. The van der Waals surface area contributed by atoms with E-state index in [1.54, 1.807) is 24.3 Å².